The van der Waals surface area contributed by atoms with Crippen molar-refractivity contribution in [2.45, 2.75) is 26.3 Å². The van der Waals surface area contributed by atoms with Crippen LogP contribution in [0, 0.1) is 0 Å². The number of nitrogens with one attached hydrogen (secondary N) is 2. The van der Waals surface area contributed by atoms with Gasteiger partial charge in [0.05, 0.1) is 12.0 Å². The monoisotopic (exact) mass is 392 g/mol. The number of hydrogen-bond acceptors (Lipinski definition) is 5. The molecule has 2 aromatic carbocycles. The molecule has 1 aromatic heterocycles. The summed E-state index contributed by atoms with van der Waals surface area (Å²) in [5, 5.41) is 5.06. The van der Waals surface area contributed by atoms with E-state index in [1.165, 1.54) is 4.68 Å². The molecule has 0 bridgehead atoms. The molecule has 8 heteroatoms. The number of rotatable bonds is 4. The van der Waals surface area contributed by atoms with Crippen molar-refractivity contribution in [2.75, 3.05) is 6.61 Å². The number of hydrazine groups is 1. The van der Waals surface area contributed by atoms with Crippen LogP contribution >= 0.6 is 0 Å². The molecule has 0 saturated heterocycles. The summed E-state index contributed by atoms with van der Waals surface area (Å²) in [4.78, 5) is 37.7. The lowest BCUT2D eigenvalue weighted by Gasteiger charge is -2.11. The molecule has 1 aliphatic rings. The first kappa shape index (κ1) is 18.7. The molecule has 8 nitrogen and oxygen atoms in total. The van der Waals surface area contributed by atoms with Crippen molar-refractivity contribution in [3.05, 3.63) is 69.6 Å². The van der Waals surface area contributed by atoms with Crippen LogP contribution in [0.25, 0.3) is 10.8 Å². The van der Waals surface area contributed by atoms with Crippen LogP contribution < -0.4 is 21.1 Å². The van der Waals surface area contributed by atoms with Gasteiger partial charge in [0.2, 0.25) is 0 Å². The van der Waals surface area contributed by atoms with Crippen molar-refractivity contribution in [3.63, 3.8) is 0 Å². The Balaban J connectivity index is 1.57. The fraction of sp³-hybridized carbons (Fsp3) is 0.238. The van der Waals surface area contributed by atoms with Crippen LogP contribution in [0.2, 0.25) is 0 Å². The lowest BCUT2D eigenvalue weighted by molar-refractivity contribution is 0.0843. The summed E-state index contributed by atoms with van der Waals surface area (Å²) in [7, 11) is 0. The van der Waals surface area contributed by atoms with Gasteiger partial charge >= 0.3 is 0 Å². The molecule has 2 N–H and O–H groups in total. The van der Waals surface area contributed by atoms with Crippen LogP contribution in [0.4, 0.5) is 0 Å². The summed E-state index contributed by atoms with van der Waals surface area (Å²) >= 11 is 0. The SMILES string of the molecule is CCCn1nc(C(=O)NNC(=O)c2ccc3c(c2)CCO3)c2ccccc2c1=O. The van der Waals surface area contributed by atoms with Crippen LogP contribution in [0.1, 0.15) is 39.8 Å². The molecule has 0 fully saturated rings. The maximum atomic E-state index is 12.7. The Kier molecular flexibility index (Phi) is 4.99. The van der Waals surface area contributed by atoms with Gasteiger partial charge < -0.3 is 4.74 Å². The topological polar surface area (TPSA) is 102 Å². The fourth-order valence-corrected chi connectivity index (χ4v) is 3.34. The van der Waals surface area contributed by atoms with E-state index in [4.69, 9.17) is 4.74 Å². The van der Waals surface area contributed by atoms with Gasteiger partial charge in [-0.3, -0.25) is 25.2 Å². The molecule has 148 valence electrons. The van der Waals surface area contributed by atoms with Crippen molar-refractivity contribution in [1.29, 1.82) is 0 Å². The van der Waals surface area contributed by atoms with Crippen molar-refractivity contribution in [3.8, 4) is 5.75 Å². The zero-order valence-corrected chi connectivity index (χ0v) is 15.9. The summed E-state index contributed by atoms with van der Waals surface area (Å²) in [6, 6.07) is 11.9. The largest absolute Gasteiger partial charge is 0.493 e. The molecular weight excluding hydrogens is 372 g/mol. The van der Waals surface area contributed by atoms with E-state index >= 15 is 0 Å². The number of carbonyl (C=O) groups is 2. The quantitative estimate of drug-likeness (QED) is 0.660. The second-order valence-corrected chi connectivity index (χ2v) is 6.75. The van der Waals surface area contributed by atoms with Gasteiger partial charge in [0, 0.05) is 23.9 Å². The molecule has 0 aliphatic carbocycles. The third-order valence-corrected chi connectivity index (χ3v) is 4.76. The summed E-state index contributed by atoms with van der Waals surface area (Å²) < 4.78 is 6.71. The maximum absolute atomic E-state index is 12.7. The van der Waals surface area contributed by atoms with Crippen molar-refractivity contribution in [2.24, 2.45) is 0 Å². The normalized spacial score (nSPS) is 12.3. The van der Waals surface area contributed by atoms with Crippen molar-refractivity contribution in [1.82, 2.24) is 20.6 Å². The highest BCUT2D eigenvalue weighted by molar-refractivity contribution is 6.06. The minimum Gasteiger partial charge on any atom is -0.493 e. The van der Waals surface area contributed by atoms with Gasteiger partial charge in [-0.25, -0.2) is 4.68 Å². The van der Waals surface area contributed by atoms with Gasteiger partial charge in [0.1, 0.15) is 5.75 Å². The molecule has 0 atom stereocenters. The second kappa shape index (κ2) is 7.75. The van der Waals surface area contributed by atoms with Crippen LogP contribution in [-0.4, -0.2) is 28.2 Å². The van der Waals surface area contributed by atoms with Gasteiger partial charge in [-0.2, -0.15) is 5.10 Å². The number of hydrogen-bond donors (Lipinski definition) is 2. The Labute approximate surface area is 166 Å². The van der Waals surface area contributed by atoms with E-state index in [0.29, 0.717) is 35.9 Å². The minimum absolute atomic E-state index is 0.0799. The van der Waals surface area contributed by atoms with E-state index in [1.807, 2.05) is 6.92 Å². The zero-order valence-electron chi connectivity index (χ0n) is 15.9. The maximum Gasteiger partial charge on any atom is 0.290 e. The molecule has 2 amide bonds. The molecule has 0 unspecified atom stereocenters. The highest BCUT2D eigenvalue weighted by atomic mass is 16.5. The molecular formula is C21H20N4O4. The van der Waals surface area contributed by atoms with Gasteiger partial charge in [-0.15, -0.1) is 0 Å². The van der Waals surface area contributed by atoms with E-state index in [2.05, 4.69) is 16.0 Å². The number of fused-ring (bicyclic) bond motifs is 2. The molecule has 2 heterocycles. The smallest absolute Gasteiger partial charge is 0.290 e. The first-order valence-electron chi connectivity index (χ1n) is 9.44. The molecule has 0 radical (unpaired) electrons. The summed E-state index contributed by atoms with van der Waals surface area (Å²) in [6.07, 6.45) is 1.45. The fourth-order valence-electron chi connectivity index (χ4n) is 3.34. The predicted molar refractivity (Wildman–Crippen MR) is 107 cm³/mol. The molecule has 0 spiro atoms. The number of aromatic nitrogens is 2. The first-order chi connectivity index (χ1) is 14.1. The number of aryl methyl sites for hydroxylation is 1. The Bertz CT molecular complexity index is 1170. The standard InChI is InChI=1S/C21H20N4O4/c1-2-10-25-21(28)16-6-4-3-5-15(16)18(24-25)20(27)23-22-19(26)14-7-8-17-13(12-14)9-11-29-17/h3-8,12H,2,9-11H2,1H3,(H,22,26)(H,23,27). The highest BCUT2D eigenvalue weighted by Crippen LogP contribution is 2.25. The molecule has 4 rings (SSSR count). The number of benzene rings is 2. The Hall–Kier alpha value is -3.68. The highest BCUT2D eigenvalue weighted by Gasteiger charge is 2.18. The third kappa shape index (κ3) is 3.56. The number of nitrogens with zero attached hydrogens (tertiary/aromatic N) is 2. The molecule has 3 aromatic rings. The summed E-state index contributed by atoms with van der Waals surface area (Å²) in [6.45, 7) is 2.92. The lowest BCUT2D eigenvalue weighted by atomic mass is 10.1. The Morgan fingerprint density at radius 3 is 2.66 bits per heavy atom. The number of ether oxygens (including phenoxy) is 1. The predicted octanol–water partition coefficient (Wildman–Crippen LogP) is 1.82. The van der Waals surface area contributed by atoms with Crippen LogP contribution in [0.5, 0.6) is 5.75 Å². The van der Waals surface area contributed by atoms with Gasteiger partial charge in [0.25, 0.3) is 17.4 Å². The van der Waals surface area contributed by atoms with E-state index in [1.54, 1.807) is 42.5 Å². The average molecular weight is 392 g/mol. The van der Waals surface area contributed by atoms with Crippen LogP contribution in [-0.2, 0) is 13.0 Å². The third-order valence-electron chi connectivity index (χ3n) is 4.76. The van der Waals surface area contributed by atoms with E-state index in [-0.39, 0.29) is 11.3 Å². The number of amides is 2. The summed E-state index contributed by atoms with van der Waals surface area (Å²) in [5.41, 5.74) is 6.02. The zero-order chi connectivity index (χ0) is 20.4. The molecule has 1 aliphatic heterocycles. The Morgan fingerprint density at radius 2 is 1.86 bits per heavy atom. The van der Waals surface area contributed by atoms with Crippen molar-refractivity contribution < 1.29 is 14.3 Å². The second-order valence-electron chi connectivity index (χ2n) is 6.75. The van der Waals surface area contributed by atoms with E-state index in [9.17, 15) is 14.4 Å². The van der Waals surface area contributed by atoms with Crippen LogP contribution in [0.15, 0.2) is 47.3 Å². The molecule has 0 saturated carbocycles. The van der Waals surface area contributed by atoms with E-state index in [0.717, 1.165) is 17.7 Å². The first-order valence-corrected chi connectivity index (χ1v) is 9.44. The minimum atomic E-state index is -0.594. The van der Waals surface area contributed by atoms with Gasteiger partial charge in [-0.1, -0.05) is 25.1 Å². The van der Waals surface area contributed by atoms with E-state index < -0.39 is 11.8 Å². The Morgan fingerprint density at radius 1 is 1.10 bits per heavy atom. The van der Waals surface area contributed by atoms with Crippen LogP contribution in [0.3, 0.4) is 0 Å². The van der Waals surface area contributed by atoms with Gasteiger partial charge in [0.15, 0.2) is 5.69 Å². The lowest BCUT2D eigenvalue weighted by Crippen LogP contribution is -2.42. The summed E-state index contributed by atoms with van der Waals surface area (Å²) in [5.74, 6) is -0.262. The van der Waals surface area contributed by atoms with Gasteiger partial charge in [-0.05, 0) is 36.2 Å². The number of carbonyl (C=O) groups excluding carboxylic acids is 2. The van der Waals surface area contributed by atoms with Crippen molar-refractivity contribution >= 4 is 22.6 Å². The average Bonchev–Trinajstić information content (AvgIpc) is 3.22. The molecule has 29 heavy (non-hydrogen) atoms.